The first-order chi connectivity index (χ1) is 11.4. The van der Waals surface area contributed by atoms with Crippen molar-refractivity contribution in [1.29, 1.82) is 0 Å². The normalized spacial score (nSPS) is 19.8. The van der Waals surface area contributed by atoms with Crippen LogP contribution in [0.4, 0.5) is 4.39 Å². The summed E-state index contributed by atoms with van der Waals surface area (Å²) < 4.78 is 48.4. The van der Waals surface area contributed by atoms with Gasteiger partial charge in [0.1, 0.15) is 11.9 Å². The van der Waals surface area contributed by atoms with Gasteiger partial charge in [-0.05, 0) is 23.8 Å². The van der Waals surface area contributed by atoms with E-state index in [1.165, 1.54) is 16.4 Å². The molecule has 0 N–H and O–H groups in total. The number of rotatable bonds is 4. The maximum atomic E-state index is 12.8. The first-order valence-corrected chi connectivity index (χ1v) is 9.10. The van der Waals surface area contributed by atoms with E-state index in [0.29, 0.717) is 6.54 Å². The molecule has 3 rings (SSSR count). The fourth-order valence-electron chi connectivity index (χ4n) is 2.26. The van der Waals surface area contributed by atoms with E-state index in [1.807, 2.05) is 0 Å². The third kappa shape index (κ3) is 4.05. The number of halogens is 1. The minimum absolute atomic E-state index is 0.141. The van der Waals surface area contributed by atoms with Crippen LogP contribution in [0.2, 0.25) is 0 Å². The summed E-state index contributed by atoms with van der Waals surface area (Å²) in [5, 5.41) is 7.79. The minimum atomic E-state index is -3.29. The van der Waals surface area contributed by atoms with E-state index >= 15 is 0 Å². The molecule has 0 spiro atoms. The van der Waals surface area contributed by atoms with Gasteiger partial charge < -0.3 is 9.15 Å². The molecule has 2 aromatic rings. The van der Waals surface area contributed by atoms with Crippen molar-refractivity contribution >= 4 is 22.2 Å². The Morgan fingerprint density at radius 3 is 2.71 bits per heavy atom. The Hall–Kier alpha value is -2.10. The van der Waals surface area contributed by atoms with Crippen LogP contribution in [0.15, 0.2) is 28.7 Å². The first-order valence-electron chi connectivity index (χ1n) is 7.25. The summed E-state index contributed by atoms with van der Waals surface area (Å²) >= 11 is 0. The average molecular weight is 353 g/mol. The largest absolute Gasteiger partial charge is 0.418 e. The molecular formula is C15H16FN3O4S. The van der Waals surface area contributed by atoms with Crippen molar-refractivity contribution in [1.82, 2.24) is 14.5 Å². The van der Waals surface area contributed by atoms with Gasteiger partial charge in [0.25, 0.3) is 0 Å². The highest BCUT2D eigenvalue weighted by Gasteiger charge is 2.30. The molecule has 0 amide bonds. The van der Waals surface area contributed by atoms with Crippen molar-refractivity contribution in [3.8, 4) is 0 Å². The van der Waals surface area contributed by atoms with E-state index < -0.39 is 16.1 Å². The van der Waals surface area contributed by atoms with Gasteiger partial charge in [-0.3, -0.25) is 0 Å². The second kappa shape index (κ2) is 6.80. The molecule has 0 aliphatic carbocycles. The van der Waals surface area contributed by atoms with E-state index in [1.54, 1.807) is 24.3 Å². The number of aromatic nitrogens is 2. The molecule has 1 aromatic carbocycles. The third-order valence-electron chi connectivity index (χ3n) is 3.52. The van der Waals surface area contributed by atoms with Gasteiger partial charge >= 0.3 is 0 Å². The van der Waals surface area contributed by atoms with Crippen LogP contribution < -0.4 is 0 Å². The lowest BCUT2D eigenvalue weighted by atomic mass is 10.2. The molecule has 1 saturated heterocycles. The molecule has 2 heterocycles. The van der Waals surface area contributed by atoms with E-state index in [4.69, 9.17) is 9.15 Å². The Balaban J connectivity index is 1.70. The molecule has 1 aromatic heterocycles. The standard InChI is InChI=1S/C15H16FN3O4S/c1-24(20,21)19-8-9-22-13(10-19)15-18-17-14(23-15)7-4-11-2-5-12(16)6-3-11/h2-7,13H,8-10H2,1H3/b7-4+. The van der Waals surface area contributed by atoms with Crippen LogP contribution in [0.5, 0.6) is 0 Å². The number of ether oxygens (including phenoxy) is 1. The highest BCUT2D eigenvalue weighted by Crippen LogP contribution is 2.23. The zero-order valence-electron chi connectivity index (χ0n) is 12.9. The van der Waals surface area contributed by atoms with Gasteiger partial charge in [-0.1, -0.05) is 12.1 Å². The molecule has 9 heteroatoms. The minimum Gasteiger partial charge on any atom is -0.418 e. The lowest BCUT2D eigenvalue weighted by molar-refractivity contribution is -0.0172. The summed E-state index contributed by atoms with van der Waals surface area (Å²) in [6.45, 7) is 0.712. The summed E-state index contributed by atoms with van der Waals surface area (Å²) in [5.41, 5.74) is 0.785. The molecule has 7 nitrogen and oxygen atoms in total. The van der Waals surface area contributed by atoms with Gasteiger partial charge in [-0.2, -0.15) is 4.31 Å². The summed E-state index contributed by atoms with van der Waals surface area (Å²) in [6, 6.07) is 5.96. The van der Waals surface area contributed by atoms with Gasteiger partial charge in [0.05, 0.1) is 12.9 Å². The SMILES string of the molecule is CS(=O)(=O)N1CCOC(c2nnc(/C=C/c3ccc(F)cc3)o2)C1. The van der Waals surface area contributed by atoms with Crippen LogP contribution in [0.1, 0.15) is 23.4 Å². The molecule has 1 aliphatic heterocycles. The second-order valence-corrected chi connectivity index (χ2v) is 7.33. The van der Waals surface area contributed by atoms with Crippen molar-refractivity contribution in [2.75, 3.05) is 26.0 Å². The molecular weight excluding hydrogens is 337 g/mol. The zero-order valence-corrected chi connectivity index (χ0v) is 13.7. The number of hydrogen-bond donors (Lipinski definition) is 0. The zero-order chi connectivity index (χ0) is 17.2. The topological polar surface area (TPSA) is 85.5 Å². The fraction of sp³-hybridized carbons (Fsp3) is 0.333. The van der Waals surface area contributed by atoms with Crippen LogP contribution in [0.25, 0.3) is 12.2 Å². The number of nitrogens with zero attached hydrogens (tertiary/aromatic N) is 3. The Kier molecular flexibility index (Phi) is 4.74. The molecule has 1 atom stereocenters. The summed E-state index contributed by atoms with van der Waals surface area (Å²) in [7, 11) is -3.29. The number of benzene rings is 1. The smallest absolute Gasteiger partial charge is 0.246 e. The van der Waals surface area contributed by atoms with Crippen LogP contribution in [0.3, 0.4) is 0 Å². The van der Waals surface area contributed by atoms with E-state index in [9.17, 15) is 12.8 Å². The number of hydrogen-bond acceptors (Lipinski definition) is 6. The lowest BCUT2D eigenvalue weighted by Crippen LogP contribution is -2.41. The monoisotopic (exact) mass is 353 g/mol. The maximum absolute atomic E-state index is 12.8. The predicted octanol–water partition coefficient (Wildman–Crippen LogP) is 1.71. The lowest BCUT2D eigenvalue weighted by Gasteiger charge is -2.29. The quantitative estimate of drug-likeness (QED) is 0.832. The van der Waals surface area contributed by atoms with E-state index in [-0.39, 0.29) is 30.8 Å². The van der Waals surface area contributed by atoms with Crippen LogP contribution >= 0.6 is 0 Å². The molecule has 1 fully saturated rings. The Labute approximate surface area is 138 Å². The van der Waals surface area contributed by atoms with Crippen molar-refractivity contribution in [2.45, 2.75) is 6.10 Å². The van der Waals surface area contributed by atoms with Crippen molar-refractivity contribution in [2.24, 2.45) is 0 Å². The molecule has 1 unspecified atom stereocenters. The Morgan fingerprint density at radius 1 is 1.25 bits per heavy atom. The molecule has 128 valence electrons. The van der Waals surface area contributed by atoms with Crippen molar-refractivity contribution in [3.63, 3.8) is 0 Å². The van der Waals surface area contributed by atoms with Gasteiger partial charge in [-0.25, -0.2) is 12.8 Å². The number of sulfonamides is 1. The molecule has 24 heavy (non-hydrogen) atoms. The van der Waals surface area contributed by atoms with Gasteiger partial charge in [0, 0.05) is 19.2 Å². The Bertz CT molecular complexity index is 833. The van der Waals surface area contributed by atoms with Crippen LogP contribution in [0, 0.1) is 5.82 Å². The average Bonchev–Trinajstić information content (AvgIpc) is 3.03. The second-order valence-electron chi connectivity index (χ2n) is 5.34. The summed E-state index contributed by atoms with van der Waals surface area (Å²) in [5.74, 6) is 0.175. The van der Waals surface area contributed by atoms with Crippen molar-refractivity contribution in [3.05, 3.63) is 47.4 Å². The van der Waals surface area contributed by atoms with Gasteiger partial charge in [-0.15, -0.1) is 10.2 Å². The van der Waals surface area contributed by atoms with Gasteiger partial charge in [0.2, 0.25) is 21.8 Å². The summed E-state index contributed by atoms with van der Waals surface area (Å²) in [6.07, 6.45) is 3.87. The molecule has 0 saturated carbocycles. The molecule has 0 bridgehead atoms. The molecule has 0 radical (unpaired) electrons. The summed E-state index contributed by atoms with van der Waals surface area (Å²) in [4.78, 5) is 0. The predicted molar refractivity (Wildman–Crippen MR) is 84.7 cm³/mol. The van der Waals surface area contributed by atoms with Crippen LogP contribution in [-0.2, 0) is 14.8 Å². The highest BCUT2D eigenvalue weighted by atomic mass is 32.2. The number of morpholine rings is 1. The molecule has 1 aliphatic rings. The third-order valence-corrected chi connectivity index (χ3v) is 4.79. The first kappa shape index (κ1) is 16.7. The van der Waals surface area contributed by atoms with Crippen molar-refractivity contribution < 1.29 is 22.0 Å². The van der Waals surface area contributed by atoms with Gasteiger partial charge in [0.15, 0.2) is 0 Å². The van der Waals surface area contributed by atoms with Crippen LogP contribution in [-0.4, -0.2) is 48.9 Å². The Morgan fingerprint density at radius 2 is 2.00 bits per heavy atom. The maximum Gasteiger partial charge on any atom is 0.246 e. The van der Waals surface area contributed by atoms with E-state index in [2.05, 4.69) is 10.2 Å². The fourth-order valence-corrected chi connectivity index (χ4v) is 3.07. The highest BCUT2D eigenvalue weighted by molar-refractivity contribution is 7.88. The van der Waals surface area contributed by atoms with E-state index in [0.717, 1.165) is 11.8 Å².